The summed E-state index contributed by atoms with van der Waals surface area (Å²) in [6, 6.07) is -0.0400. The molecule has 0 spiro atoms. The molecular weight excluding hydrogens is 151 g/mol. The van der Waals surface area contributed by atoms with Gasteiger partial charge in [-0.3, -0.25) is 0 Å². The Bertz CT molecular complexity index is 232. The molecule has 0 saturated carbocycles. The van der Waals surface area contributed by atoms with Gasteiger partial charge in [-0.05, 0) is 0 Å². The number of methoxy groups -OCH3 is 1. The largest absolute Gasteiger partial charge is 0.467 e. The normalized spacial score (nSPS) is 9.36. The fourth-order valence-corrected chi connectivity index (χ4v) is 0.535. The van der Waals surface area contributed by atoms with E-state index in [9.17, 15) is 4.39 Å². The second-order valence-electron chi connectivity index (χ2n) is 1.66. The van der Waals surface area contributed by atoms with E-state index < -0.39 is 6.08 Å². The number of aromatic nitrogens is 3. The van der Waals surface area contributed by atoms with Crippen LogP contribution < -0.4 is 10.1 Å². The summed E-state index contributed by atoms with van der Waals surface area (Å²) in [6.45, 7) is 0. The molecule has 0 aliphatic rings. The van der Waals surface area contributed by atoms with Crippen molar-refractivity contribution in [3.63, 3.8) is 0 Å². The summed E-state index contributed by atoms with van der Waals surface area (Å²) in [4.78, 5) is 10.2. The molecule has 0 bridgehead atoms. The van der Waals surface area contributed by atoms with Crippen LogP contribution in [0.25, 0.3) is 0 Å². The average Bonchev–Trinajstić information content (AvgIpc) is 2.03. The Balaban J connectivity index is 3.02. The summed E-state index contributed by atoms with van der Waals surface area (Å²) < 4.78 is 17.0. The van der Waals surface area contributed by atoms with Gasteiger partial charge in [-0.1, -0.05) is 0 Å². The van der Waals surface area contributed by atoms with Crippen molar-refractivity contribution in [3.05, 3.63) is 6.08 Å². The van der Waals surface area contributed by atoms with Gasteiger partial charge in [0.1, 0.15) is 0 Å². The Labute approximate surface area is 62.6 Å². The first-order valence-corrected chi connectivity index (χ1v) is 2.89. The van der Waals surface area contributed by atoms with Gasteiger partial charge in [0.15, 0.2) is 0 Å². The second-order valence-corrected chi connectivity index (χ2v) is 1.66. The van der Waals surface area contributed by atoms with E-state index in [0.29, 0.717) is 0 Å². The zero-order valence-corrected chi connectivity index (χ0v) is 6.13. The number of anilines is 1. The number of hydrogen-bond acceptors (Lipinski definition) is 5. The number of nitrogens with zero attached hydrogens (tertiary/aromatic N) is 3. The van der Waals surface area contributed by atoms with Crippen LogP contribution in [-0.4, -0.2) is 29.1 Å². The molecule has 1 heterocycles. The fourth-order valence-electron chi connectivity index (χ4n) is 0.535. The molecule has 5 nitrogen and oxygen atoms in total. The Morgan fingerprint density at radius 1 is 1.36 bits per heavy atom. The molecule has 0 fully saturated rings. The Hall–Kier alpha value is -1.46. The van der Waals surface area contributed by atoms with Gasteiger partial charge < -0.3 is 10.1 Å². The lowest BCUT2D eigenvalue weighted by Crippen LogP contribution is -2.03. The van der Waals surface area contributed by atoms with Crippen LogP contribution in [0.3, 0.4) is 0 Å². The van der Waals surface area contributed by atoms with Gasteiger partial charge >= 0.3 is 12.1 Å². The lowest BCUT2D eigenvalue weighted by molar-refractivity contribution is 0.363. The summed E-state index contributed by atoms with van der Waals surface area (Å²) in [5, 5.41) is 2.56. The molecule has 1 N–H and O–H groups in total. The van der Waals surface area contributed by atoms with Crippen LogP contribution in [0.5, 0.6) is 6.01 Å². The van der Waals surface area contributed by atoms with Crippen molar-refractivity contribution in [2.75, 3.05) is 19.5 Å². The van der Waals surface area contributed by atoms with Gasteiger partial charge in [0.05, 0.1) is 7.11 Å². The lowest BCUT2D eigenvalue weighted by Gasteiger charge is -1.99. The van der Waals surface area contributed by atoms with Crippen LogP contribution >= 0.6 is 0 Å². The first-order chi connectivity index (χ1) is 5.26. The maximum absolute atomic E-state index is 12.4. The van der Waals surface area contributed by atoms with Crippen LogP contribution in [0, 0.1) is 6.08 Å². The van der Waals surface area contributed by atoms with E-state index in [-0.39, 0.29) is 12.0 Å². The van der Waals surface area contributed by atoms with Gasteiger partial charge in [0.2, 0.25) is 5.95 Å². The highest BCUT2D eigenvalue weighted by Gasteiger charge is 2.02. The van der Waals surface area contributed by atoms with Crippen molar-refractivity contribution >= 4 is 5.95 Å². The molecule has 0 aromatic carbocycles. The van der Waals surface area contributed by atoms with Gasteiger partial charge in [-0.2, -0.15) is 14.4 Å². The summed E-state index contributed by atoms with van der Waals surface area (Å²) in [5.41, 5.74) is 0. The third-order valence-electron chi connectivity index (χ3n) is 0.994. The summed E-state index contributed by atoms with van der Waals surface area (Å²) in [6.07, 6.45) is -0.860. The van der Waals surface area contributed by atoms with Crippen molar-refractivity contribution in [1.82, 2.24) is 15.0 Å². The molecule has 11 heavy (non-hydrogen) atoms. The molecule has 6 heteroatoms. The third kappa shape index (κ3) is 1.73. The lowest BCUT2D eigenvalue weighted by atomic mass is 10.9. The SMILES string of the molecule is CNc1nc(F)nc(OC)n1. The van der Waals surface area contributed by atoms with Crippen molar-refractivity contribution in [2.24, 2.45) is 0 Å². The van der Waals surface area contributed by atoms with Crippen LogP contribution in [-0.2, 0) is 0 Å². The van der Waals surface area contributed by atoms with E-state index in [0.717, 1.165) is 0 Å². The van der Waals surface area contributed by atoms with E-state index in [1.165, 1.54) is 7.11 Å². The van der Waals surface area contributed by atoms with Crippen LogP contribution in [0.15, 0.2) is 0 Å². The molecular formula is C5H7FN4O. The van der Waals surface area contributed by atoms with E-state index in [1.54, 1.807) is 7.05 Å². The quantitative estimate of drug-likeness (QED) is 0.659. The number of nitrogens with one attached hydrogen (secondary N) is 1. The molecule has 0 aliphatic heterocycles. The molecule has 60 valence electrons. The van der Waals surface area contributed by atoms with E-state index in [4.69, 9.17) is 0 Å². The first kappa shape index (κ1) is 7.64. The highest BCUT2D eigenvalue weighted by molar-refractivity contribution is 5.22. The van der Waals surface area contributed by atoms with Gasteiger partial charge in [-0.25, -0.2) is 0 Å². The molecule has 0 unspecified atom stereocenters. The minimum Gasteiger partial charge on any atom is -0.467 e. The predicted molar refractivity (Wildman–Crippen MR) is 35.9 cm³/mol. The van der Waals surface area contributed by atoms with E-state index in [1.807, 2.05) is 0 Å². The predicted octanol–water partition coefficient (Wildman–Crippen LogP) is 0.0610. The van der Waals surface area contributed by atoms with Crippen LogP contribution in [0.4, 0.5) is 10.3 Å². The topological polar surface area (TPSA) is 59.9 Å². The smallest absolute Gasteiger partial charge is 0.323 e. The van der Waals surface area contributed by atoms with Crippen LogP contribution in [0.2, 0.25) is 0 Å². The summed E-state index contributed by atoms with van der Waals surface area (Å²) >= 11 is 0. The average molecular weight is 158 g/mol. The molecule has 0 amide bonds. The summed E-state index contributed by atoms with van der Waals surface area (Å²) in [7, 11) is 2.93. The van der Waals surface area contributed by atoms with Crippen LogP contribution in [0.1, 0.15) is 0 Å². The van der Waals surface area contributed by atoms with Gasteiger partial charge in [0.25, 0.3) is 0 Å². The number of ether oxygens (including phenoxy) is 1. The Morgan fingerprint density at radius 3 is 2.64 bits per heavy atom. The maximum atomic E-state index is 12.4. The van der Waals surface area contributed by atoms with Crippen molar-refractivity contribution in [3.8, 4) is 6.01 Å². The zero-order valence-electron chi connectivity index (χ0n) is 6.13. The monoisotopic (exact) mass is 158 g/mol. The fraction of sp³-hybridized carbons (Fsp3) is 0.400. The van der Waals surface area contributed by atoms with E-state index >= 15 is 0 Å². The maximum Gasteiger partial charge on any atom is 0.323 e. The Morgan fingerprint density at radius 2 is 2.09 bits per heavy atom. The highest BCUT2D eigenvalue weighted by atomic mass is 19.1. The highest BCUT2D eigenvalue weighted by Crippen LogP contribution is 2.04. The molecule has 0 radical (unpaired) electrons. The zero-order chi connectivity index (χ0) is 8.27. The first-order valence-electron chi connectivity index (χ1n) is 2.89. The van der Waals surface area contributed by atoms with Crippen molar-refractivity contribution in [1.29, 1.82) is 0 Å². The van der Waals surface area contributed by atoms with E-state index in [2.05, 4.69) is 25.0 Å². The second kappa shape index (κ2) is 3.09. The third-order valence-corrected chi connectivity index (χ3v) is 0.994. The van der Waals surface area contributed by atoms with Crippen molar-refractivity contribution < 1.29 is 9.13 Å². The standard InChI is InChI=1S/C5H7FN4O/c1-7-4-8-3(6)9-5(10-4)11-2/h1-2H3,(H,7,8,9,10). The Kier molecular flexibility index (Phi) is 2.15. The minimum absolute atomic E-state index is 0.0400. The summed E-state index contributed by atoms with van der Waals surface area (Å²) in [5.74, 6) is 0.148. The molecule has 0 atom stereocenters. The molecule has 0 aliphatic carbocycles. The molecule has 0 saturated heterocycles. The number of rotatable bonds is 2. The molecule has 1 rings (SSSR count). The van der Waals surface area contributed by atoms with Crippen molar-refractivity contribution in [2.45, 2.75) is 0 Å². The molecule has 1 aromatic heterocycles. The number of halogens is 1. The minimum atomic E-state index is -0.860. The van der Waals surface area contributed by atoms with Gasteiger partial charge in [-0.15, -0.1) is 4.98 Å². The van der Waals surface area contributed by atoms with Gasteiger partial charge in [0, 0.05) is 7.05 Å². The number of hydrogen-bond donors (Lipinski definition) is 1. The molecule has 1 aromatic rings.